The van der Waals surface area contributed by atoms with Gasteiger partial charge in [0.1, 0.15) is 5.82 Å². The molecule has 17 heavy (non-hydrogen) atoms. The normalized spacial score (nSPS) is 10.6. The zero-order valence-electron chi connectivity index (χ0n) is 9.96. The lowest BCUT2D eigenvalue weighted by molar-refractivity contribution is -0.120. The number of hydrogen-bond acceptors (Lipinski definition) is 2. The van der Waals surface area contributed by atoms with Gasteiger partial charge in [0.25, 0.3) is 0 Å². The van der Waals surface area contributed by atoms with Crippen LogP contribution in [-0.4, -0.2) is 38.0 Å². The third kappa shape index (κ3) is 5.15. The van der Waals surface area contributed by atoms with E-state index >= 15 is 0 Å². The Morgan fingerprint density at radius 3 is 2.76 bits per heavy atom. The molecule has 1 rings (SSSR count). The topological polar surface area (TPSA) is 32.3 Å². The minimum Gasteiger partial charge on any atom is -0.355 e. The Hall–Kier alpha value is -1.13. The molecule has 0 aliphatic heterocycles. The fourth-order valence-electron chi connectivity index (χ4n) is 1.32. The highest BCUT2D eigenvalue weighted by Gasteiger charge is 2.08. The van der Waals surface area contributed by atoms with Crippen molar-refractivity contribution in [2.75, 3.05) is 27.2 Å². The van der Waals surface area contributed by atoms with Gasteiger partial charge in [0.2, 0.25) is 5.91 Å². The number of hydrogen-bond donors (Lipinski definition) is 1. The van der Waals surface area contributed by atoms with Crippen LogP contribution in [0, 0.1) is 5.82 Å². The highest BCUT2D eigenvalue weighted by Crippen LogP contribution is 2.14. The number of nitrogens with one attached hydrogen (secondary N) is 1. The molecule has 1 amide bonds. The Morgan fingerprint density at radius 1 is 1.47 bits per heavy atom. The minimum absolute atomic E-state index is 0.0381. The van der Waals surface area contributed by atoms with Crippen molar-refractivity contribution < 1.29 is 9.18 Å². The van der Waals surface area contributed by atoms with Crippen molar-refractivity contribution in [2.45, 2.75) is 6.42 Å². The summed E-state index contributed by atoms with van der Waals surface area (Å²) in [4.78, 5) is 13.5. The Balaban J connectivity index is 2.45. The van der Waals surface area contributed by atoms with Crippen LogP contribution in [0.15, 0.2) is 18.2 Å². The number of benzene rings is 1. The second-order valence-electron chi connectivity index (χ2n) is 4.07. The summed E-state index contributed by atoms with van der Waals surface area (Å²) in [6.45, 7) is 1.32. The first-order valence-electron chi connectivity index (χ1n) is 5.34. The third-order valence-corrected chi connectivity index (χ3v) is 2.48. The molecule has 0 heterocycles. The van der Waals surface area contributed by atoms with Crippen LogP contribution in [0.3, 0.4) is 0 Å². The van der Waals surface area contributed by atoms with Gasteiger partial charge in [-0.15, -0.1) is 0 Å². The van der Waals surface area contributed by atoms with Crippen LogP contribution >= 0.6 is 11.6 Å². The first-order valence-corrected chi connectivity index (χ1v) is 5.72. The van der Waals surface area contributed by atoms with Crippen LogP contribution in [0.4, 0.5) is 4.39 Å². The highest BCUT2D eigenvalue weighted by molar-refractivity contribution is 6.30. The van der Waals surface area contributed by atoms with E-state index in [4.69, 9.17) is 11.6 Å². The van der Waals surface area contributed by atoms with Crippen molar-refractivity contribution in [2.24, 2.45) is 0 Å². The van der Waals surface area contributed by atoms with Crippen LogP contribution in [0.25, 0.3) is 0 Å². The number of carbonyl (C=O) groups excluding carboxylic acids is 1. The quantitative estimate of drug-likeness (QED) is 0.872. The van der Waals surface area contributed by atoms with Gasteiger partial charge in [-0.1, -0.05) is 17.7 Å². The van der Waals surface area contributed by atoms with Crippen molar-refractivity contribution in [3.63, 3.8) is 0 Å². The predicted molar refractivity (Wildman–Crippen MR) is 66.7 cm³/mol. The zero-order valence-corrected chi connectivity index (χ0v) is 10.7. The van der Waals surface area contributed by atoms with E-state index in [2.05, 4.69) is 5.32 Å². The molecule has 0 atom stereocenters. The molecular formula is C12H16ClFN2O. The third-order valence-electron chi connectivity index (χ3n) is 2.25. The highest BCUT2D eigenvalue weighted by atomic mass is 35.5. The number of amides is 1. The second kappa shape index (κ2) is 6.57. The summed E-state index contributed by atoms with van der Waals surface area (Å²) in [7, 11) is 3.84. The number of rotatable bonds is 5. The second-order valence-corrected chi connectivity index (χ2v) is 4.50. The van der Waals surface area contributed by atoms with Crippen LogP contribution in [-0.2, 0) is 11.2 Å². The van der Waals surface area contributed by atoms with Gasteiger partial charge in [-0.2, -0.15) is 0 Å². The van der Waals surface area contributed by atoms with E-state index in [1.807, 2.05) is 19.0 Å². The van der Waals surface area contributed by atoms with E-state index in [0.29, 0.717) is 17.1 Å². The minimum atomic E-state index is -0.444. The number of likely N-dealkylation sites (N-methyl/N-ethyl adjacent to an activating group) is 1. The molecule has 3 nitrogen and oxygen atoms in total. The number of halogens is 2. The van der Waals surface area contributed by atoms with E-state index in [9.17, 15) is 9.18 Å². The van der Waals surface area contributed by atoms with E-state index in [1.54, 1.807) is 6.07 Å². The Bertz CT molecular complexity index is 396. The molecule has 0 unspecified atom stereocenters. The summed E-state index contributed by atoms with van der Waals surface area (Å²) >= 11 is 5.63. The molecule has 0 saturated carbocycles. The van der Waals surface area contributed by atoms with Crippen molar-refractivity contribution in [1.82, 2.24) is 10.2 Å². The summed E-state index contributed by atoms with van der Waals surface area (Å²) in [6.07, 6.45) is 0.0381. The summed E-state index contributed by atoms with van der Waals surface area (Å²) in [5, 5.41) is 3.06. The van der Waals surface area contributed by atoms with E-state index in [-0.39, 0.29) is 12.3 Å². The Morgan fingerprint density at radius 2 is 2.18 bits per heavy atom. The van der Waals surface area contributed by atoms with Crippen molar-refractivity contribution in [3.8, 4) is 0 Å². The first-order chi connectivity index (χ1) is 7.99. The van der Waals surface area contributed by atoms with Crippen molar-refractivity contribution in [1.29, 1.82) is 0 Å². The summed E-state index contributed by atoms with van der Waals surface area (Å²) in [6, 6.07) is 4.32. The molecule has 94 valence electrons. The van der Waals surface area contributed by atoms with E-state index in [0.717, 1.165) is 6.54 Å². The molecule has 1 aromatic carbocycles. The summed E-state index contributed by atoms with van der Waals surface area (Å²) in [5.41, 5.74) is 0.358. The first kappa shape index (κ1) is 13.9. The average Bonchev–Trinajstić information content (AvgIpc) is 2.21. The fraction of sp³-hybridized carbons (Fsp3) is 0.417. The molecule has 0 bridgehead atoms. The van der Waals surface area contributed by atoms with Crippen LogP contribution in [0.1, 0.15) is 5.56 Å². The monoisotopic (exact) mass is 258 g/mol. The Kier molecular flexibility index (Phi) is 5.38. The predicted octanol–water partition coefficient (Wildman–Crippen LogP) is 1.70. The molecule has 0 aliphatic rings. The van der Waals surface area contributed by atoms with Gasteiger partial charge in [0, 0.05) is 18.1 Å². The molecule has 0 radical (unpaired) electrons. The van der Waals surface area contributed by atoms with E-state index < -0.39 is 5.82 Å². The maximum atomic E-state index is 13.4. The molecule has 0 saturated heterocycles. The maximum Gasteiger partial charge on any atom is 0.224 e. The lowest BCUT2D eigenvalue weighted by Gasteiger charge is -2.10. The van der Waals surface area contributed by atoms with Crippen molar-refractivity contribution >= 4 is 17.5 Å². The van der Waals surface area contributed by atoms with Crippen molar-refractivity contribution in [3.05, 3.63) is 34.6 Å². The summed E-state index contributed by atoms with van der Waals surface area (Å²) in [5.74, 6) is -0.631. The number of carbonyl (C=O) groups is 1. The summed E-state index contributed by atoms with van der Waals surface area (Å²) < 4.78 is 13.4. The molecule has 0 aromatic heterocycles. The van der Waals surface area contributed by atoms with Gasteiger partial charge in [0.15, 0.2) is 0 Å². The van der Waals surface area contributed by atoms with Crippen LogP contribution < -0.4 is 5.32 Å². The van der Waals surface area contributed by atoms with Gasteiger partial charge in [-0.05, 0) is 31.8 Å². The van der Waals surface area contributed by atoms with E-state index in [1.165, 1.54) is 12.1 Å². The van der Waals surface area contributed by atoms with Gasteiger partial charge < -0.3 is 10.2 Å². The molecular weight excluding hydrogens is 243 g/mol. The molecule has 0 spiro atoms. The molecule has 1 N–H and O–H groups in total. The lowest BCUT2D eigenvalue weighted by Crippen LogP contribution is -2.32. The Labute approximate surface area is 106 Å². The van der Waals surface area contributed by atoms with Crippen LogP contribution in [0.2, 0.25) is 5.02 Å². The lowest BCUT2D eigenvalue weighted by atomic mass is 10.1. The average molecular weight is 259 g/mol. The number of nitrogens with zero attached hydrogens (tertiary/aromatic N) is 1. The van der Waals surface area contributed by atoms with Gasteiger partial charge in [-0.25, -0.2) is 4.39 Å². The molecule has 0 aliphatic carbocycles. The van der Waals surface area contributed by atoms with Gasteiger partial charge >= 0.3 is 0 Å². The smallest absolute Gasteiger partial charge is 0.224 e. The molecule has 1 aromatic rings. The molecule has 5 heteroatoms. The molecule has 0 fully saturated rings. The SMILES string of the molecule is CN(C)CCNC(=O)Cc1ccc(Cl)cc1F. The van der Waals surface area contributed by atoms with Gasteiger partial charge in [-0.3, -0.25) is 4.79 Å². The standard InChI is InChI=1S/C12H16ClFN2O/c1-16(2)6-5-15-12(17)7-9-3-4-10(13)8-11(9)14/h3-4,8H,5-7H2,1-2H3,(H,15,17). The fourth-order valence-corrected chi connectivity index (χ4v) is 1.48. The largest absolute Gasteiger partial charge is 0.355 e. The van der Waals surface area contributed by atoms with Gasteiger partial charge in [0.05, 0.1) is 6.42 Å². The maximum absolute atomic E-state index is 13.4. The van der Waals surface area contributed by atoms with Crippen LogP contribution in [0.5, 0.6) is 0 Å². The zero-order chi connectivity index (χ0) is 12.8.